The Labute approximate surface area is 173 Å². The smallest absolute Gasteiger partial charge is 0.268 e. The number of fused-ring (bicyclic) bond motifs is 1. The zero-order valence-corrected chi connectivity index (χ0v) is 17.4. The number of nitrogens with two attached hydrogens (primary N) is 1. The molecule has 2 N–H and O–H groups in total. The highest BCUT2D eigenvalue weighted by Crippen LogP contribution is 2.45. The summed E-state index contributed by atoms with van der Waals surface area (Å²) in [6.07, 6.45) is 11.2. The first kappa shape index (κ1) is 18.7. The van der Waals surface area contributed by atoms with Crippen molar-refractivity contribution < 1.29 is 0 Å². The van der Waals surface area contributed by atoms with Crippen LogP contribution < -0.4 is 16.2 Å². The molecule has 1 saturated heterocycles. The molecule has 5 rings (SSSR count). The van der Waals surface area contributed by atoms with Gasteiger partial charge in [-0.05, 0) is 49.3 Å². The molecule has 0 radical (unpaired) electrons. The minimum Gasteiger partial charge on any atom is -0.342 e. The molecule has 0 bridgehead atoms. The molecule has 0 aromatic carbocycles. The first-order valence-corrected chi connectivity index (χ1v) is 11.1. The number of hydrogen-bond donors (Lipinski definition) is 1. The lowest BCUT2D eigenvalue weighted by atomic mass is 9.74. The number of rotatable bonds is 3. The number of nitrogens with zero attached hydrogens (tertiary/aromatic N) is 5. The lowest BCUT2D eigenvalue weighted by molar-refractivity contribution is 0.196. The highest BCUT2D eigenvalue weighted by Gasteiger charge is 2.43. The number of piperidine rings is 1. The highest BCUT2D eigenvalue weighted by atomic mass is 32.2. The molecule has 29 heavy (non-hydrogen) atoms. The maximum absolute atomic E-state index is 13.0. The van der Waals surface area contributed by atoms with Gasteiger partial charge in [-0.2, -0.15) is 5.10 Å². The summed E-state index contributed by atoms with van der Waals surface area (Å²) in [6.45, 7) is 1.82. The molecular weight excluding hydrogens is 384 g/mol. The number of pyridine rings is 1. The summed E-state index contributed by atoms with van der Waals surface area (Å²) in [7, 11) is 1.82. The van der Waals surface area contributed by atoms with Gasteiger partial charge in [0.1, 0.15) is 0 Å². The third-order valence-corrected chi connectivity index (χ3v) is 7.81. The topological polar surface area (TPSA) is 81.4 Å². The molecule has 0 amide bonds. The monoisotopic (exact) mass is 410 g/mol. The molecule has 1 saturated carbocycles. The van der Waals surface area contributed by atoms with E-state index >= 15 is 0 Å². The van der Waals surface area contributed by atoms with Crippen molar-refractivity contribution in [3.63, 3.8) is 0 Å². The summed E-state index contributed by atoms with van der Waals surface area (Å²) in [4.78, 5) is 21.6. The molecule has 7 nitrogen and oxygen atoms in total. The Balaban J connectivity index is 1.38. The second kappa shape index (κ2) is 7.18. The average Bonchev–Trinajstić information content (AvgIpc) is 3.35. The predicted octanol–water partition coefficient (Wildman–Crippen LogP) is 2.68. The normalized spacial score (nSPS) is 21.3. The molecule has 2 fully saturated rings. The van der Waals surface area contributed by atoms with Gasteiger partial charge in [0.15, 0.2) is 0 Å². The van der Waals surface area contributed by atoms with Crippen molar-refractivity contribution >= 4 is 23.2 Å². The third-order valence-electron chi connectivity index (χ3n) is 6.75. The average molecular weight is 411 g/mol. The lowest BCUT2D eigenvalue weighted by Crippen LogP contribution is -2.48. The van der Waals surface area contributed by atoms with Crippen molar-refractivity contribution in [3.05, 3.63) is 47.1 Å². The summed E-state index contributed by atoms with van der Waals surface area (Å²) in [5, 5.41) is 4.26. The van der Waals surface area contributed by atoms with Crippen LogP contribution in [0.25, 0.3) is 5.52 Å². The number of aromatic nitrogens is 4. The molecular formula is C21H26N6OS. The van der Waals surface area contributed by atoms with Crippen molar-refractivity contribution in [1.29, 1.82) is 0 Å². The second-order valence-corrected chi connectivity index (χ2v) is 9.35. The van der Waals surface area contributed by atoms with Gasteiger partial charge < -0.3 is 10.6 Å². The Morgan fingerprint density at radius 2 is 2.03 bits per heavy atom. The fourth-order valence-corrected chi connectivity index (χ4v) is 5.93. The highest BCUT2D eigenvalue weighted by molar-refractivity contribution is 7.99. The third kappa shape index (κ3) is 3.14. The van der Waals surface area contributed by atoms with Crippen molar-refractivity contribution in [2.24, 2.45) is 18.2 Å². The quantitative estimate of drug-likeness (QED) is 0.715. The molecule has 1 atom stereocenters. The van der Waals surface area contributed by atoms with Crippen molar-refractivity contribution in [3.8, 4) is 0 Å². The van der Waals surface area contributed by atoms with E-state index in [0.29, 0.717) is 16.4 Å². The van der Waals surface area contributed by atoms with Gasteiger partial charge in [-0.25, -0.2) is 9.50 Å². The van der Waals surface area contributed by atoms with Crippen molar-refractivity contribution in [2.45, 2.75) is 47.9 Å². The second-order valence-electron chi connectivity index (χ2n) is 8.27. The van der Waals surface area contributed by atoms with Crippen LogP contribution in [0.3, 0.4) is 0 Å². The zero-order chi connectivity index (χ0) is 20.0. The Morgan fingerprint density at radius 3 is 2.79 bits per heavy atom. The van der Waals surface area contributed by atoms with Crippen LogP contribution in [0, 0.1) is 5.41 Å². The number of anilines is 1. The molecule has 2 aliphatic rings. The first-order chi connectivity index (χ1) is 14.1. The van der Waals surface area contributed by atoms with E-state index in [9.17, 15) is 4.79 Å². The van der Waals surface area contributed by atoms with Crippen LogP contribution in [-0.4, -0.2) is 38.3 Å². The van der Waals surface area contributed by atoms with Crippen molar-refractivity contribution in [2.75, 3.05) is 18.0 Å². The fourth-order valence-electron chi connectivity index (χ4n) is 4.95. The minimum atomic E-state index is -0.0145. The van der Waals surface area contributed by atoms with E-state index in [-0.39, 0.29) is 5.56 Å². The van der Waals surface area contributed by atoms with Gasteiger partial charge in [-0.3, -0.25) is 9.36 Å². The van der Waals surface area contributed by atoms with E-state index in [0.717, 1.165) is 48.7 Å². The lowest BCUT2D eigenvalue weighted by Gasteiger charge is -2.42. The predicted molar refractivity (Wildman–Crippen MR) is 114 cm³/mol. The summed E-state index contributed by atoms with van der Waals surface area (Å²) >= 11 is 1.44. The van der Waals surface area contributed by atoms with E-state index in [1.807, 2.05) is 36.0 Å². The molecule has 152 valence electrons. The van der Waals surface area contributed by atoms with Crippen LogP contribution in [0.4, 0.5) is 5.95 Å². The van der Waals surface area contributed by atoms with Crippen molar-refractivity contribution in [1.82, 2.24) is 19.2 Å². The maximum Gasteiger partial charge on any atom is 0.268 e. The minimum absolute atomic E-state index is 0.0145. The van der Waals surface area contributed by atoms with Gasteiger partial charge in [-0.1, -0.05) is 18.2 Å². The van der Waals surface area contributed by atoms with Gasteiger partial charge in [-0.15, -0.1) is 0 Å². The van der Waals surface area contributed by atoms with E-state index in [2.05, 4.69) is 15.0 Å². The Morgan fingerprint density at radius 1 is 1.21 bits per heavy atom. The largest absolute Gasteiger partial charge is 0.342 e. The summed E-state index contributed by atoms with van der Waals surface area (Å²) in [5.74, 6) is 0.753. The van der Waals surface area contributed by atoms with Crippen LogP contribution in [-0.2, 0) is 7.05 Å². The molecule has 1 aliphatic carbocycles. The number of hydrogen-bond acceptors (Lipinski definition) is 6. The molecule has 4 heterocycles. The van der Waals surface area contributed by atoms with Gasteiger partial charge in [0.05, 0.1) is 22.8 Å². The maximum atomic E-state index is 13.0. The van der Waals surface area contributed by atoms with Gasteiger partial charge >= 0.3 is 0 Å². The Hall–Kier alpha value is -2.32. The summed E-state index contributed by atoms with van der Waals surface area (Å²) < 4.78 is 3.50. The van der Waals surface area contributed by atoms with Crippen LogP contribution in [0.5, 0.6) is 0 Å². The SMILES string of the molecule is Cn1c(N2CCC3(CCC[C@H]3N)CC2)ncc(Sc2cccn3nccc23)c1=O. The van der Waals surface area contributed by atoms with E-state index in [1.165, 1.54) is 24.6 Å². The molecule has 1 spiro atoms. The molecule has 0 unspecified atom stereocenters. The van der Waals surface area contributed by atoms with E-state index in [4.69, 9.17) is 5.73 Å². The van der Waals surface area contributed by atoms with Crippen LogP contribution >= 0.6 is 11.8 Å². The molecule has 3 aromatic rings. The summed E-state index contributed by atoms with van der Waals surface area (Å²) in [5.41, 5.74) is 7.68. The fraction of sp³-hybridized carbons (Fsp3) is 0.476. The molecule has 1 aliphatic heterocycles. The molecule has 8 heteroatoms. The Kier molecular flexibility index (Phi) is 4.63. The first-order valence-electron chi connectivity index (χ1n) is 10.2. The summed E-state index contributed by atoms with van der Waals surface area (Å²) in [6, 6.07) is 6.22. The van der Waals surface area contributed by atoms with Gasteiger partial charge in [0.2, 0.25) is 5.95 Å². The zero-order valence-electron chi connectivity index (χ0n) is 16.6. The Bertz CT molecular complexity index is 1100. The van der Waals surface area contributed by atoms with Crippen LogP contribution in [0.1, 0.15) is 32.1 Å². The van der Waals surface area contributed by atoms with E-state index < -0.39 is 0 Å². The molecule has 3 aromatic heterocycles. The standard InChI is InChI=1S/C21H26N6OS/c1-25-19(28)17(29-16-4-3-11-27-15(16)6-10-24-27)14-23-20(25)26-12-8-21(9-13-26)7-2-5-18(21)22/h3-4,6,10-11,14,18H,2,5,7-9,12-13,22H2,1H3/t18-/m1/s1. The van der Waals surface area contributed by atoms with Gasteiger partial charge in [0.25, 0.3) is 5.56 Å². The van der Waals surface area contributed by atoms with Crippen LogP contribution in [0.2, 0.25) is 0 Å². The van der Waals surface area contributed by atoms with Crippen LogP contribution in [0.15, 0.2) is 51.4 Å². The van der Waals surface area contributed by atoms with Gasteiger partial charge in [0, 0.05) is 37.3 Å². The van der Waals surface area contributed by atoms with E-state index in [1.54, 1.807) is 17.0 Å².